The number of nitrogens with zero attached hydrogens (tertiary/aromatic N) is 3. The summed E-state index contributed by atoms with van der Waals surface area (Å²) >= 11 is 0. The van der Waals surface area contributed by atoms with Gasteiger partial charge < -0.3 is 14.5 Å². The maximum Gasteiger partial charge on any atom is 0.410 e. The van der Waals surface area contributed by atoms with E-state index in [0.717, 1.165) is 44.6 Å². The number of carbonyl (C=O) groups excluding carboxylic acids is 1. The van der Waals surface area contributed by atoms with Crippen LogP contribution >= 0.6 is 0 Å². The zero-order valence-corrected chi connectivity index (χ0v) is 14.8. The van der Waals surface area contributed by atoms with Crippen LogP contribution in [-0.2, 0) is 11.2 Å². The van der Waals surface area contributed by atoms with Crippen molar-refractivity contribution in [2.75, 3.05) is 26.7 Å². The number of amides is 1. The molecule has 0 aromatic carbocycles. The minimum atomic E-state index is -0.423. The normalized spacial score (nSPS) is 16.7. The number of likely N-dealkylation sites (N-methyl/N-ethyl adjacent to an activating group) is 1. The number of carbonyl (C=O) groups is 1. The summed E-state index contributed by atoms with van der Waals surface area (Å²) in [5.74, 6) is 0. The molecule has 1 aliphatic heterocycles. The third-order valence-corrected chi connectivity index (χ3v) is 4.19. The van der Waals surface area contributed by atoms with E-state index in [4.69, 9.17) is 4.74 Å². The maximum atomic E-state index is 12.1. The summed E-state index contributed by atoms with van der Waals surface area (Å²) in [6.45, 7) is 8.25. The molecular weight excluding hydrogens is 290 g/mol. The van der Waals surface area contributed by atoms with Gasteiger partial charge in [0.2, 0.25) is 0 Å². The second-order valence-electron chi connectivity index (χ2n) is 7.25. The molecule has 1 fully saturated rings. The first kappa shape index (κ1) is 17.7. The molecule has 1 amide bonds. The van der Waals surface area contributed by atoms with Crippen LogP contribution in [0.4, 0.5) is 4.79 Å². The maximum absolute atomic E-state index is 12.1. The smallest absolute Gasteiger partial charge is 0.410 e. The largest absolute Gasteiger partial charge is 0.444 e. The molecule has 5 heteroatoms. The zero-order chi connectivity index (χ0) is 16.9. The first-order chi connectivity index (χ1) is 10.8. The Labute approximate surface area is 139 Å². The topological polar surface area (TPSA) is 45.7 Å². The number of hydrogen-bond acceptors (Lipinski definition) is 4. The number of hydrogen-bond donors (Lipinski definition) is 0. The molecule has 2 rings (SSSR count). The second-order valence-corrected chi connectivity index (χ2v) is 7.25. The van der Waals surface area contributed by atoms with Gasteiger partial charge in [-0.15, -0.1) is 0 Å². The van der Waals surface area contributed by atoms with Crippen molar-refractivity contribution >= 4 is 6.09 Å². The summed E-state index contributed by atoms with van der Waals surface area (Å²) in [5.41, 5.74) is 0.707. The molecule has 1 aromatic rings. The van der Waals surface area contributed by atoms with Gasteiger partial charge in [-0.3, -0.25) is 4.98 Å². The molecule has 1 aromatic heterocycles. The van der Waals surface area contributed by atoms with Crippen LogP contribution in [0.5, 0.6) is 0 Å². The van der Waals surface area contributed by atoms with Crippen molar-refractivity contribution in [2.45, 2.75) is 51.7 Å². The molecule has 0 aliphatic carbocycles. The van der Waals surface area contributed by atoms with E-state index < -0.39 is 5.60 Å². The van der Waals surface area contributed by atoms with Crippen molar-refractivity contribution < 1.29 is 9.53 Å². The number of likely N-dealkylation sites (tertiary alicyclic amines) is 1. The van der Waals surface area contributed by atoms with Crippen molar-refractivity contribution in [2.24, 2.45) is 0 Å². The highest BCUT2D eigenvalue weighted by Crippen LogP contribution is 2.18. The Morgan fingerprint density at radius 3 is 2.61 bits per heavy atom. The van der Waals surface area contributed by atoms with Crippen molar-refractivity contribution in [1.82, 2.24) is 14.8 Å². The summed E-state index contributed by atoms with van der Waals surface area (Å²) in [7, 11) is 2.16. The molecule has 1 saturated heterocycles. The monoisotopic (exact) mass is 319 g/mol. The Kier molecular flexibility index (Phi) is 5.99. The third kappa shape index (κ3) is 5.82. The van der Waals surface area contributed by atoms with Gasteiger partial charge in [0.15, 0.2) is 0 Å². The van der Waals surface area contributed by atoms with Gasteiger partial charge >= 0.3 is 6.09 Å². The van der Waals surface area contributed by atoms with Crippen molar-refractivity contribution in [3.8, 4) is 0 Å². The molecule has 23 heavy (non-hydrogen) atoms. The quantitative estimate of drug-likeness (QED) is 0.856. The third-order valence-electron chi connectivity index (χ3n) is 4.19. The molecule has 2 heterocycles. The van der Waals surface area contributed by atoms with Crippen molar-refractivity contribution in [1.29, 1.82) is 0 Å². The first-order valence-corrected chi connectivity index (χ1v) is 8.43. The van der Waals surface area contributed by atoms with Gasteiger partial charge in [-0.25, -0.2) is 4.79 Å². The molecule has 0 N–H and O–H groups in total. The SMILES string of the molecule is CN(CCc1ccccn1)C1CCN(C(=O)OC(C)(C)C)CC1. The lowest BCUT2D eigenvalue weighted by molar-refractivity contribution is 0.0157. The van der Waals surface area contributed by atoms with E-state index in [1.807, 2.05) is 44.0 Å². The average molecular weight is 319 g/mol. The highest BCUT2D eigenvalue weighted by atomic mass is 16.6. The number of ether oxygens (including phenoxy) is 1. The summed E-state index contributed by atoms with van der Waals surface area (Å²) in [6, 6.07) is 6.57. The Hall–Kier alpha value is -1.62. The minimum Gasteiger partial charge on any atom is -0.444 e. The number of pyridine rings is 1. The van der Waals surface area contributed by atoms with Crippen LogP contribution in [0.2, 0.25) is 0 Å². The molecule has 0 spiro atoms. The lowest BCUT2D eigenvalue weighted by Gasteiger charge is -2.37. The molecular formula is C18H29N3O2. The van der Waals surface area contributed by atoms with E-state index in [1.54, 1.807) is 0 Å². The summed E-state index contributed by atoms with van der Waals surface area (Å²) < 4.78 is 5.44. The van der Waals surface area contributed by atoms with Crippen LogP contribution < -0.4 is 0 Å². The van der Waals surface area contributed by atoms with Crippen molar-refractivity contribution in [3.63, 3.8) is 0 Å². The van der Waals surface area contributed by atoms with Crippen LogP contribution in [0.3, 0.4) is 0 Å². The highest BCUT2D eigenvalue weighted by molar-refractivity contribution is 5.68. The molecule has 0 saturated carbocycles. The van der Waals surface area contributed by atoms with Gasteiger partial charge in [0.1, 0.15) is 5.60 Å². The second kappa shape index (κ2) is 7.77. The Bertz CT molecular complexity index is 491. The molecule has 0 bridgehead atoms. The summed E-state index contributed by atoms with van der Waals surface area (Å²) in [4.78, 5) is 20.7. The van der Waals surface area contributed by atoms with Gasteiger partial charge in [0.05, 0.1) is 0 Å². The van der Waals surface area contributed by atoms with E-state index >= 15 is 0 Å². The summed E-state index contributed by atoms with van der Waals surface area (Å²) in [6.07, 6.45) is 4.61. The zero-order valence-electron chi connectivity index (χ0n) is 14.8. The van der Waals surface area contributed by atoms with Crippen LogP contribution in [0.25, 0.3) is 0 Å². The molecule has 128 valence electrons. The Balaban J connectivity index is 1.74. The average Bonchev–Trinajstić information content (AvgIpc) is 2.52. The number of rotatable bonds is 4. The predicted molar refractivity (Wildman–Crippen MR) is 91.4 cm³/mol. The van der Waals surface area contributed by atoms with Crippen LogP contribution in [-0.4, -0.2) is 59.2 Å². The van der Waals surface area contributed by atoms with Crippen LogP contribution in [0, 0.1) is 0 Å². The first-order valence-electron chi connectivity index (χ1n) is 8.43. The standard InChI is InChI=1S/C18H29N3O2/c1-18(2,3)23-17(22)21-13-9-16(10-14-21)20(4)12-8-15-7-5-6-11-19-15/h5-7,11,16H,8-10,12-14H2,1-4H3. The van der Waals surface area contributed by atoms with Gasteiger partial charge in [0, 0.05) is 44.0 Å². The van der Waals surface area contributed by atoms with Gasteiger partial charge in [-0.1, -0.05) is 6.07 Å². The lowest BCUT2D eigenvalue weighted by atomic mass is 10.0. The fraction of sp³-hybridized carbons (Fsp3) is 0.667. The molecule has 1 aliphatic rings. The molecule has 0 radical (unpaired) electrons. The van der Waals surface area contributed by atoms with E-state index in [0.29, 0.717) is 6.04 Å². The lowest BCUT2D eigenvalue weighted by Crippen LogP contribution is -2.47. The Morgan fingerprint density at radius 2 is 2.04 bits per heavy atom. The number of piperidine rings is 1. The fourth-order valence-corrected chi connectivity index (χ4v) is 2.84. The Morgan fingerprint density at radius 1 is 1.35 bits per heavy atom. The fourth-order valence-electron chi connectivity index (χ4n) is 2.84. The minimum absolute atomic E-state index is 0.188. The van der Waals surface area contributed by atoms with E-state index in [-0.39, 0.29) is 6.09 Å². The molecule has 0 unspecified atom stereocenters. The van der Waals surface area contributed by atoms with E-state index in [1.165, 1.54) is 0 Å². The van der Waals surface area contributed by atoms with Crippen LogP contribution in [0.15, 0.2) is 24.4 Å². The summed E-state index contributed by atoms with van der Waals surface area (Å²) in [5, 5.41) is 0. The predicted octanol–water partition coefficient (Wildman–Crippen LogP) is 2.96. The van der Waals surface area contributed by atoms with Crippen LogP contribution in [0.1, 0.15) is 39.3 Å². The molecule has 0 atom stereocenters. The van der Waals surface area contributed by atoms with Gasteiger partial charge in [-0.2, -0.15) is 0 Å². The van der Waals surface area contributed by atoms with Gasteiger partial charge in [-0.05, 0) is 52.8 Å². The van der Waals surface area contributed by atoms with E-state index in [9.17, 15) is 4.79 Å². The molecule has 5 nitrogen and oxygen atoms in total. The van der Waals surface area contributed by atoms with Crippen molar-refractivity contribution in [3.05, 3.63) is 30.1 Å². The number of aromatic nitrogens is 1. The van der Waals surface area contributed by atoms with Gasteiger partial charge in [0.25, 0.3) is 0 Å². The highest BCUT2D eigenvalue weighted by Gasteiger charge is 2.28. The van der Waals surface area contributed by atoms with E-state index in [2.05, 4.69) is 23.0 Å².